The van der Waals surface area contributed by atoms with Crippen LogP contribution < -0.4 is 4.74 Å². The van der Waals surface area contributed by atoms with E-state index in [0.717, 1.165) is 30.6 Å². The average molecular weight is 300 g/mol. The summed E-state index contributed by atoms with van der Waals surface area (Å²) in [7, 11) is 0. The molecule has 1 heteroatoms. The molecule has 0 spiro atoms. The summed E-state index contributed by atoms with van der Waals surface area (Å²) in [6, 6.07) is 10.2. The number of rotatable bonds is 9. The van der Waals surface area contributed by atoms with Gasteiger partial charge in [-0.2, -0.15) is 0 Å². The molecule has 0 saturated carbocycles. The van der Waals surface area contributed by atoms with E-state index in [4.69, 9.17) is 4.74 Å². The Labute approximate surface area is 136 Å². The molecular formula is C21H32O. The lowest BCUT2D eigenvalue weighted by atomic mass is 9.80. The van der Waals surface area contributed by atoms with Gasteiger partial charge in [0.2, 0.25) is 0 Å². The fourth-order valence-corrected chi connectivity index (χ4v) is 3.64. The number of hydrogen-bond acceptors (Lipinski definition) is 1. The van der Waals surface area contributed by atoms with Gasteiger partial charge in [0.25, 0.3) is 0 Å². The van der Waals surface area contributed by atoms with Crippen LogP contribution in [0.4, 0.5) is 0 Å². The number of benzene rings is 1. The zero-order valence-electron chi connectivity index (χ0n) is 14.4. The molecule has 122 valence electrons. The molecule has 0 aliphatic heterocycles. The van der Waals surface area contributed by atoms with Crippen molar-refractivity contribution < 1.29 is 4.74 Å². The molecule has 0 saturated heterocycles. The Hall–Kier alpha value is -1.24. The van der Waals surface area contributed by atoms with Gasteiger partial charge in [-0.1, -0.05) is 56.5 Å². The molecule has 22 heavy (non-hydrogen) atoms. The van der Waals surface area contributed by atoms with Gasteiger partial charge in [-0.05, 0) is 62.5 Å². The van der Waals surface area contributed by atoms with Crippen molar-refractivity contribution in [3.05, 3.63) is 42.0 Å². The third-order valence-electron chi connectivity index (χ3n) is 4.98. The van der Waals surface area contributed by atoms with Gasteiger partial charge in [0.15, 0.2) is 0 Å². The minimum absolute atomic E-state index is 0.780. The molecule has 0 aromatic heterocycles. The Kier molecular flexibility index (Phi) is 7.56. The molecule has 0 fully saturated rings. The Morgan fingerprint density at radius 2 is 2.00 bits per heavy atom. The minimum Gasteiger partial charge on any atom is -0.494 e. The van der Waals surface area contributed by atoms with Crippen LogP contribution in [0.25, 0.3) is 0 Å². The first kappa shape index (κ1) is 17.1. The van der Waals surface area contributed by atoms with E-state index >= 15 is 0 Å². The van der Waals surface area contributed by atoms with Gasteiger partial charge >= 0.3 is 0 Å². The number of allylic oxidation sites excluding steroid dienone is 2. The molecule has 2 unspecified atom stereocenters. The largest absolute Gasteiger partial charge is 0.494 e. The highest BCUT2D eigenvalue weighted by atomic mass is 16.5. The summed E-state index contributed by atoms with van der Waals surface area (Å²) in [6.45, 7) is 5.48. The average Bonchev–Trinajstić information content (AvgIpc) is 2.57. The van der Waals surface area contributed by atoms with E-state index in [1.807, 2.05) is 30.3 Å². The SMILES string of the molecule is CCCC1CC=C(C(CC)CCCOc2ccccc2)CC1. The lowest BCUT2D eigenvalue weighted by Gasteiger charge is -2.26. The van der Waals surface area contributed by atoms with Crippen molar-refractivity contribution in [2.45, 2.75) is 65.2 Å². The maximum absolute atomic E-state index is 5.82. The van der Waals surface area contributed by atoms with E-state index in [0.29, 0.717) is 0 Å². The summed E-state index contributed by atoms with van der Waals surface area (Å²) in [5.41, 5.74) is 1.73. The first-order chi connectivity index (χ1) is 10.8. The van der Waals surface area contributed by atoms with Gasteiger partial charge in [0.05, 0.1) is 6.61 Å². The van der Waals surface area contributed by atoms with Crippen molar-refractivity contribution in [3.63, 3.8) is 0 Å². The summed E-state index contributed by atoms with van der Waals surface area (Å²) < 4.78 is 5.82. The summed E-state index contributed by atoms with van der Waals surface area (Å²) in [4.78, 5) is 0. The summed E-state index contributed by atoms with van der Waals surface area (Å²) in [6.07, 6.45) is 13.1. The van der Waals surface area contributed by atoms with E-state index in [1.165, 1.54) is 44.9 Å². The van der Waals surface area contributed by atoms with Gasteiger partial charge in [-0.3, -0.25) is 0 Å². The Balaban J connectivity index is 1.71. The molecule has 2 rings (SSSR count). The third-order valence-corrected chi connectivity index (χ3v) is 4.98. The van der Waals surface area contributed by atoms with E-state index < -0.39 is 0 Å². The lowest BCUT2D eigenvalue weighted by Crippen LogP contribution is -2.12. The van der Waals surface area contributed by atoms with Crippen molar-refractivity contribution in [2.24, 2.45) is 11.8 Å². The van der Waals surface area contributed by atoms with Crippen LogP contribution in [0.1, 0.15) is 65.2 Å². The fourth-order valence-electron chi connectivity index (χ4n) is 3.64. The Morgan fingerprint density at radius 3 is 2.64 bits per heavy atom. The topological polar surface area (TPSA) is 9.23 Å². The van der Waals surface area contributed by atoms with Crippen molar-refractivity contribution >= 4 is 0 Å². The van der Waals surface area contributed by atoms with Crippen LogP contribution in [-0.4, -0.2) is 6.61 Å². The van der Waals surface area contributed by atoms with E-state index in [2.05, 4.69) is 19.9 Å². The predicted octanol–water partition coefficient (Wildman–Crippen LogP) is 6.40. The quantitative estimate of drug-likeness (QED) is 0.379. The third kappa shape index (κ3) is 5.51. The van der Waals surface area contributed by atoms with Gasteiger partial charge in [-0.15, -0.1) is 0 Å². The molecular weight excluding hydrogens is 268 g/mol. The summed E-state index contributed by atoms with van der Waals surface area (Å²) in [5, 5.41) is 0. The number of ether oxygens (including phenoxy) is 1. The van der Waals surface area contributed by atoms with Crippen LogP contribution in [0.2, 0.25) is 0 Å². The maximum atomic E-state index is 5.82. The molecule has 1 aromatic carbocycles. The van der Waals surface area contributed by atoms with Crippen molar-refractivity contribution in [1.29, 1.82) is 0 Å². The summed E-state index contributed by atoms with van der Waals surface area (Å²) >= 11 is 0. The van der Waals surface area contributed by atoms with Crippen molar-refractivity contribution in [1.82, 2.24) is 0 Å². The van der Waals surface area contributed by atoms with E-state index in [9.17, 15) is 0 Å². The second kappa shape index (κ2) is 9.71. The number of hydrogen-bond donors (Lipinski definition) is 0. The Bertz CT molecular complexity index is 434. The molecule has 2 atom stereocenters. The molecule has 1 aliphatic rings. The van der Waals surface area contributed by atoms with Gasteiger partial charge in [-0.25, -0.2) is 0 Å². The maximum Gasteiger partial charge on any atom is 0.119 e. The highest BCUT2D eigenvalue weighted by Gasteiger charge is 2.18. The molecule has 0 radical (unpaired) electrons. The summed E-state index contributed by atoms with van der Waals surface area (Å²) in [5.74, 6) is 2.73. The van der Waals surface area contributed by atoms with Crippen LogP contribution in [-0.2, 0) is 0 Å². The molecule has 1 aromatic rings. The predicted molar refractivity (Wildman–Crippen MR) is 95.3 cm³/mol. The smallest absolute Gasteiger partial charge is 0.119 e. The zero-order valence-corrected chi connectivity index (χ0v) is 14.4. The first-order valence-electron chi connectivity index (χ1n) is 9.20. The van der Waals surface area contributed by atoms with Crippen LogP contribution in [0.5, 0.6) is 5.75 Å². The molecule has 0 N–H and O–H groups in total. The number of para-hydroxylation sites is 1. The fraction of sp³-hybridized carbons (Fsp3) is 0.619. The molecule has 0 bridgehead atoms. The normalized spacial score (nSPS) is 19.5. The van der Waals surface area contributed by atoms with Gasteiger partial charge < -0.3 is 4.74 Å². The second-order valence-electron chi connectivity index (χ2n) is 6.62. The zero-order chi connectivity index (χ0) is 15.6. The molecule has 0 heterocycles. The van der Waals surface area contributed by atoms with E-state index in [-0.39, 0.29) is 0 Å². The second-order valence-corrected chi connectivity index (χ2v) is 6.62. The van der Waals surface area contributed by atoms with Crippen molar-refractivity contribution in [3.8, 4) is 5.75 Å². The van der Waals surface area contributed by atoms with Crippen LogP contribution in [0.15, 0.2) is 42.0 Å². The monoisotopic (exact) mass is 300 g/mol. The van der Waals surface area contributed by atoms with Crippen LogP contribution >= 0.6 is 0 Å². The van der Waals surface area contributed by atoms with Gasteiger partial charge in [0, 0.05) is 0 Å². The minimum atomic E-state index is 0.780. The van der Waals surface area contributed by atoms with Gasteiger partial charge in [0.1, 0.15) is 5.75 Å². The van der Waals surface area contributed by atoms with Crippen LogP contribution in [0.3, 0.4) is 0 Å². The highest BCUT2D eigenvalue weighted by molar-refractivity contribution is 5.20. The standard InChI is InChI=1S/C21H32O/c1-3-9-18-13-15-20(16-14-18)19(4-2)10-8-17-22-21-11-6-5-7-12-21/h5-7,11-12,15,18-19H,3-4,8-10,13-14,16-17H2,1-2H3. The van der Waals surface area contributed by atoms with Crippen molar-refractivity contribution in [2.75, 3.05) is 6.61 Å². The van der Waals surface area contributed by atoms with Crippen LogP contribution in [0, 0.1) is 11.8 Å². The lowest BCUT2D eigenvalue weighted by molar-refractivity contribution is 0.293. The first-order valence-corrected chi connectivity index (χ1v) is 9.20. The Morgan fingerprint density at radius 1 is 1.18 bits per heavy atom. The molecule has 0 amide bonds. The van der Waals surface area contributed by atoms with E-state index in [1.54, 1.807) is 5.57 Å². The molecule has 1 aliphatic carbocycles. The molecule has 1 nitrogen and oxygen atoms in total. The highest BCUT2D eigenvalue weighted by Crippen LogP contribution is 2.33.